The number of rotatable bonds is 3. The van der Waals surface area contributed by atoms with Crippen LogP contribution in [0.1, 0.15) is 70.8 Å². The summed E-state index contributed by atoms with van der Waals surface area (Å²) in [5, 5.41) is 0.624. The summed E-state index contributed by atoms with van der Waals surface area (Å²) in [5.41, 5.74) is 3.93. The Hall–Kier alpha value is -0.730. The van der Waals surface area contributed by atoms with Gasteiger partial charge in [-0.3, -0.25) is 0 Å². The Kier molecular flexibility index (Phi) is 4.95. The third-order valence-corrected chi connectivity index (χ3v) is 10.2. The first-order valence-corrected chi connectivity index (χ1v) is 12.1. The van der Waals surface area contributed by atoms with Gasteiger partial charge < -0.3 is 4.74 Å². The summed E-state index contributed by atoms with van der Waals surface area (Å²) < 4.78 is 6.35. The first kappa shape index (κ1) is 19.2. The Balaban J connectivity index is 1.30. The molecule has 1 aromatic carbocycles. The molecule has 3 fully saturated rings. The lowest BCUT2D eigenvalue weighted by Gasteiger charge is -2.58. The van der Waals surface area contributed by atoms with Crippen LogP contribution >= 0.6 is 12.6 Å². The first-order chi connectivity index (χ1) is 13.5. The van der Waals surface area contributed by atoms with Gasteiger partial charge >= 0.3 is 0 Å². The molecular formula is C26H36OS. The highest BCUT2D eigenvalue weighted by Crippen LogP contribution is 2.65. The molecular weight excluding hydrogens is 360 g/mol. The molecule has 0 saturated heterocycles. The fourth-order valence-electron chi connectivity index (χ4n) is 7.53. The minimum atomic E-state index is 0.401. The van der Waals surface area contributed by atoms with Gasteiger partial charge in [-0.1, -0.05) is 55.8 Å². The van der Waals surface area contributed by atoms with E-state index in [9.17, 15) is 0 Å². The predicted octanol–water partition coefficient (Wildman–Crippen LogP) is 6.83. The van der Waals surface area contributed by atoms with Crippen LogP contribution < -0.4 is 0 Å². The van der Waals surface area contributed by atoms with Gasteiger partial charge in [0.2, 0.25) is 0 Å². The molecule has 4 aliphatic carbocycles. The molecule has 1 aromatic rings. The smallest absolute Gasteiger partial charge is 0.0720 e. The molecule has 1 nitrogen and oxygen atoms in total. The van der Waals surface area contributed by atoms with Crippen molar-refractivity contribution in [3.05, 3.63) is 47.5 Å². The van der Waals surface area contributed by atoms with Gasteiger partial charge in [-0.15, -0.1) is 0 Å². The number of thiol groups is 1. The Morgan fingerprint density at radius 2 is 1.82 bits per heavy atom. The number of ether oxygens (including phenoxy) is 1. The average Bonchev–Trinajstić information content (AvgIpc) is 3.02. The van der Waals surface area contributed by atoms with Gasteiger partial charge in [0.1, 0.15) is 0 Å². The molecule has 0 bridgehead atoms. The quantitative estimate of drug-likeness (QED) is 0.435. The Morgan fingerprint density at radius 1 is 1.00 bits per heavy atom. The van der Waals surface area contributed by atoms with Crippen molar-refractivity contribution in [1.82, 2.24) is 0 Å². The number of hydrogen-bond acceptors (Lipinski definition) is 2. The van der Waals surface area contributed by atoms with E-state index in [2.05, 4.69) is 50.3 Å². The summed E-state index contributed by atoms with van der Waals surface area (Å²) in [6, 6.07) is 10.6. The van der Waals surface area contributed by atoms with E-state index in [1.165, 1.54) is 50.5 Å². The van der Waals surface area contributed by atoms with Gasteiger partial charge in [-0.25, -0.2) is 0 Å². The maximum atomic E-state index is 6.35. The Bertz CT molecular complexity index is 742. The summed E-state index contributed by atoms with van der Waals surface area (Å²) in [6.07, 6.45) is 13.6. The molecule has 0 amide bonds. The van der Waals surface area contributed by atoms with E-state index in [1.54, 1.807) is 5.57 Å². The van der Waals surface area contributed by atoms with Gasteiger partial charge in [0.25, 0.3) is 0 Å². The van der Waals surface area contributed by atoms with Crippen LogP contribution in [0.2, 0.25) is 0 Å². The van der Waals surface area contributed by atoms with E-state index < -0.39 is 0 Å². The second-order valence-electron chi connectivity index (χ2n) is 10.6. The van der Waals surface area contributed by atoms with Gasteiger partial charge in [0.05, 0.1) is 12.7 Å². The highest BCUT2D eigenvalue weighted by molar-refractivity contribution is 7.81. The minimum Gasteiger partial charge on any atom is -0.373 e. The van der Waals surface area contributed by atoms with E-state index in [0.29, 0.717) is 22.2 Å². The summed E-state index contributed by atoms with van der Waals surface area (Å²) in [7, 11) is 0. The van der Waals surface area contributed by atoms with E-state index in [0.717, 1.165) is 30.8 Å². The zero-order chi connectivity index (χ0) is 19.4. The highest BCUT2D eigenvalue weighted by atomic mass is 32.1. The van der Waals surface area contributed by atoms with E-state index in [4.69, 9.17) is 17.4 Å². The summed E-state index contributed by atoms with van der Waals surface area (Å²) in [5.74, 6) is 2.68. The lowest BCUT2D eigenvalue weighted by Crippen LogP contribution is -2.50. The first-order valence-electron chi connectivity index (χ1n) is 11.5. The summed E-state index contributed by atoms with van der Waals surface area (Å²) in [4.78, 5) is 0. The van der Waals surface area contributed by atoms with Crippen LogP contribution in [0, 0.1) is 28.6 Å². The molecule has 0 radical (unpaired) electrons. The number of allylic oxidation sites excluding steroid dienone is 1. The molecule has 28 heavy (non-hydrogen) atoms. The zero-order valence-corrected chi connectivity index (χ0v) is 18.5. The van der Waals surface area contributed by atoms with E-state index in [1.807, 2.05) is 0 Å². The van der Waals surface area contributed by atoms with Crippen LogP contribution in [0.15, 0.2) is 42.0 Å². The number of fused-ring (bicyclic) bond motifs is 5. The fraction of sp³-hybridized carbons (Fsp3) is 0.692. The van der Waals surface area contributed by atoms with E-state index >= 15 is 0 Å². The van der Waals surface area contributed by atoms with Crippen LogP contribution in [0.5, 0.6) is 0 Å². The summed E-state index contributed by atoms with van der Waals surface area (Å²) >= 11 is 5.00. The standard InChI is InChI=1S/C26H36OS/c1-25-14-12-20(27-17-18-6-4-3-5-7-18)16-19(25)8-9-21-22-10-11-24(28)26(22,2)15-13-23(21)25/h3-8,20-24,28H,9-17H2,1-2H3/t20?,21-,22-,23+,24?,25-,26-/m0/s1. The molecule has 0 N–H and O–H groups in total. The average molecular weight is 397 g/mol. The van der Waals surface area contributed by atoms with Gasteiger partial charge in [0, 0.05) is 5.25 Å². The van der Waals surface area contributed by atoms with Crippen LogP contribution in [-0.2, 0) is 11.3 Å². The van der Waals surface area contributed by atoms with Crippen molar-refractivity contribution in [1.29, 1.82) is 0 Å². The Labute approximate surface area is 176 Å². The van der Waals surface area contributed by atoms with Crippen molar-refractivity contribution in [2.75, 3.05) is 0 Å². The third-order valence-electron chi connectivity index (χ3n) is 9.34. The monoisotopic (exact) mass is 396 g/mol. The molecule has 0 spiro atoms. The SMILES string of the molecule is C[C@]12CCC(OCc3ccccc3)CC1=CC[C@@H]1[C@H]2CC[C@]2(C)C(S)CC[C@@H]12. The van der Waals surface area contributed by atoms with Gasteiger partial charge in [-0.05, 0) is 85.5 Å². The minimum absolute atomic E-state index is 0.401. The molecule has 2 heteroatoms. The normalized spacial score (nSPS) is 45.0. The number of hydrogen-bond donors (Lipinski definition) is 1. The molecule has 0 heterocycles. The second kappa shape index (κ2) is 7.20. The molecule has 2 unspecified atom stereocenters. The third kappa shape index (κ3) is 3.01. The molecule has 0 aliphatic heterocycles. The predicted molar refractivity (Wildman–Crippen MR) is 119 cm³/mol. The number of benzene rings is 1. The molecule has 4 aliphatic rings. The fourth-order valence-corrected chi connectivity index (χ4v) is 8.00. The van der Waals surface area contributed by atoms with Crippen molar-refractivity contribution >= 4 is 12.6 Å². The van der Waals surface area contributed by atoms with Crippen LogP contribution in [0.25, 0.3) is 0 Å². The largest absolute Gasteiger partial charge is 0.373 e. The van der Waals surface area contributed by atoms with Gasteiger partial charge in [0.15, 0.2) is 0 Å². The van der Waals surface area contributed by atoms with Crippen molar-refractivity contribution in [3.8, 4) is 0 Å². The second-order valence-corrected chi connectivity index (χ2v) is 11.2. The van der Waals surface area contributed by atoms with Gasteiger partial charge in [-0.2, -0.15) is 12.6 Å². The summed E-state index contributed by atoms with van der Waals surface area (Å²) in [6.45, 7) is 5.90. The van der Waals surface area contributed by atoms with E-state index in [-0.39, 0.29) is 0 Å². The highest BCUT2D eigenvalue weighted by Gasteiger charge is 2.57. The van der Waals surface area contributed by atoms with Crippen LogP contribution in [0.4, 0.5) is 0 Å². The van der Waals surface area contributed by atoms with Crippen LogP contribution in [-0.4, -0.2) is 11.4 Å². The maximum absolute atomic E-state index is 6.35. The molecule has 7 atom stereocenters. The molecule has 5 rings (SSSR count). The lowest BCUT2D eigenvalue weighted by molar-refractivity contribution is -0.0491. The van der Waals surface area contributed by atoms with Crippen molar-refractivity contribution in [2.24, 2.45) is 28.6 Å². The topological polar surface area (TPSA) is 9.23 Å². The maximum Gasteiger partial charge on any atom is 0.0720 e. The van der Waals surface area contributed by atoms with Crippen molar-refractivity contribution in [3.63, 3.8) is 0 Å². The van der Waals surface area contributed by atoms with Crippen molar-refractivity contribution in [2.45, 2.75) is 83.2 Å². The Morgan fingerprint density at radius 3 is 2.64 bits per heavy atom. The molecule has 3 saturated carbocycles. The van der Waals surface area contributed by atoms with Crippen molar-refractivity contribution < 1.29 is 4.74 Å². The lowest BCUT2D eigenvalue weighted by atomic mass is 9.48. The van der Waals surface area contributed by atoms with Crippen LogP contribution in [0.3, 0.4) is 0 Å². The molecule has 152 valence electrons. The zero-order valence-electron chi connectivity index (χ0n) is 17.6. The molecule has 0 aromatic heterocycles.